The Labute approximate surface area is 202 Å². The maximum atomic E-state index is 12.5. The fourth-order valence-corrected chi connectivity index (χ4v) is 5.17. The van der Waals surface area contributed by atoms with Crippen LogP contribution < -0.4 is 0 Å². The van der Waals surface area contributed by atoms with Crippen LogP contribution in [0, 0.1) is 0 Å². The fourth-order valence-electron chi connectivity index (χ4n) is 4.20. The Morgan fingerprint density at radius 3 is 2.53 bits per heavy atom. The lowest BCUT2D eigenvalue weighted by molar-refractivity contribution is -0.113. The number of hydrogen-bond acceptors (Lipinski definition) is 8. The molecule has 0 aliphatic carbocycles. The minimum Gasteiger partial charge on any atom is -0.472 e. The number of carbonyl (C=O) groups excluding carboxylic acids is 1. The lowest BCUT2D eigenvalue weighted by Crippen LogP contribution is -2.49. The average molecular weight is 478 g/mol. The number of piperazine rings is 1. The van der Waals surface area contributed by atoms with Gasteiger partial charge in [-0.05, 0) is 60.7 Å². The van der Waals surface area contributed by atoms with Crippen LogP contribution in [0.5, 0.6) is 0 Å². The van der Waals surface area contributed by atoms with Gasteiger partial charge in [-0.1, -0.05) is 30.3 Å². The first-order valence-corrected chi connectivity index (χ1v) is 12.1. The normalized spacial score (nSPS) is 19.6. The maximum absolute atomic E-state index is 12.5. The van der Waals surface area contributed by atoms with E-state index in [1.165, 1.54) is 11.8 Å². The number of rotatable bonds is 4. The van der Waals surface area contributed by atoms with Gasteiger partial charge in [-0.3, -0.25) is 9.69 Å². The summed E-state index contributed by atoms with van der Waals surface area (Å²) in [6, 6.07) is 11.7. The molecular weight excluding hydrogens is 450 g/mol. The first kappa shape index (κ1) is 22.5. The summed E-state index contributed by atoms with van der Waals surface area (Å²) in [5, 5.41) is 13.4. The van der Waals surface area contributed by atoms with Gasteiger partial charge in [0.2, 0.25) is 0 Å². The third kappa shape index (κ3) is 4.55. The first-order valence-electron chi connectivity index (χ1n) is 11.3. The summed E-state index contributed by atoms with van der Waals surface area (Å²) in [6.45, 7) is 9.32. The van der Waals surface area contributed by atoms with Crippen molar-refractivity contribution in [1.29, 1.82) is 0 Å². The molecule has 34 heavy (non-hydrogen) atoms. The molecule has 10 heteroatoms. The van der Waals surface area contributed by atoms with Gasteiger partial charge in [0, 0.05) is 31.7 Å². The molecule has 2 aromatic heterocycles. The van der Waals surface area contributed by atoms with Gasteiger partial charge in [0.1, 0.15) is 6.04 Å². The smallest absolute Gasteiger partial charge is 0.286 e. The van der Waals surface area contributed by atoms with Crippen LogP contribution in [-0.2, 0) is 10.3 Å². The quantitative estimate of drug-likeness (QED) is 0.528. The number of tetrazole rings is 1. The third-order valence-corrected chi connectivity index (χ3v) is 6.93. The number of benzene rings is 1. The van der Waals surface area contributed by atoms with Crippen molar-refractivity contribution in [2.24, 2.45) is 4.99 Å². The van der Waals surface area contributed by atoms with Crippen LogP contribution in [0.1, 0.15) is 43.8 Å². The van der Waals surface area contributed by atoms with Gasteiger partial charge < -0.3 is 9.32 Å². The molecule has 1 aromatic carbocycles. The van der Waals surface area contributed by atoms with Crippen molar-refractivity contribution in [3.05, 3.63) is 70.8 Å². The van der Waals surface area contributed by atoms with Crippen LogP contribution in [-0.4, -0.2) is 67.3 Å². The molecule has 1 saturated heterocycles. The highest BCUT2D eigenvalue weighted by atomic mass is 32.2. The van der Waals surface area contributed by atoms with Crippen molar-refractivity contribution >= 4 is 28.9 Å². The van der Waals surface area contributed by atoms with Crippen LogP contribution >= 0.6 is 11.8 Å². The van der Waals surface area contributed by atoms with Gasteiger partial charge in [-0.25, -0.2) is 4.68 Å². The van der Waals surface area contributed by atoms with Crippen LogP contribution in [0.15, 0.2) is 63.2 Å². The molecule has 0 N–H and O–H groups in total. The Bertz CT molecular complexity index is 1200. The molecule has 2 aliphatic heterocycles. The van der Waals surface area contributed by atoms with Gasteiger partial charge in [-0.2, -0.15) is 4.99 Å². The monoisotopic (exact) mass is 477 g/mol. The largest absolute Gasteiger partial charge is 0.472 e. The second-order valence-electron chi connectivity index (χ2n) is 9.32. The van der Waals surface area contributed by atoms with Crippen molar-refractivity contribution in [2.75, 3.05) is 26.2 Å². The summed E-state index contributed by atoms with van der Waals surface area (Å²) in [6.07, 6.45) is 5.34. The van der Waals surface area contributed by atoms with Gasteiger partial charge in [0.05, 0.1) is 23.0 Å². The molecule has 3 aromatic rings. The summed E-state index contributed by atoms with van der Waals surface area (Å²) in [7, 11) is 0. The summed E-state index contributed by atoms with van der Waals surface area (Å²) in [5.74, 6) is 0.616. The number of furan rings is 1. The molecule has 2 aliphatic rings. The van der Waals surface area contributed by atoms with Crippen LogP contribution in [0.25, 0.3) is 6.08 Å². The third-order valence-electron chi connectivity index (χ3n) is 5.89. The Morgan fingerprint density at radius 1 is 1.09 bits per heavy atom. The van der Waals surface area contributed by atoms with Crippen LogP contribution in [0.3, 0.4) is 0 Å². The van der Waals surface area contributed by atoms with E-state index in [4.69, 9.17) is 4.42 Å². The van der Waals surface area contributed by atoms with Crippen molar-refractivity contribution < 1.29 is 9.21 Å². The van der Waals surface area contributed by atoms with E-state index in [9.17, 15) is 4.79 Å². The molecule has 0 saturated carbocycles. The maximum Gasteiger partial charge on any atom is 0.286 e. The number of aliphatic imine (C=N–C) groups is 1. The van der Waals surface area contributed by atoms with Gasteiger partial charge in [0.25, 0.3) is 5.91 Å². The fraction of sp³-hybridized carbons (Fsp3) is 0.375. The van der Waals surface area contributed by atoms with E-state index in [-0.39, 0.29) is 17.5 Å². The molecule has 1 fully saturated rings. The van der Waals surface area contributed by atoms with E-state index >= 15 is 0 Å². The highest BCUT2D eigenvalue weighted by Crippen LogP contribution is 2.33. The lowest BCUT2D eigenvalue weighted by Gasteiger charge is -2.39. The number of carbonyl (C=O) groups is 1. The molecular formula is C24H27N7O2S. The van der Waals surface area contributed by atoms with E-state index in [1.54, 1.807) is 12.5 Å². The van der Waals surface area contributed by atoms with E-state index in [1.807, 2.05) is 47.2 Å². The number of amidine groups is 1. The summed E-state index contributed by atoms with van der Waals surface area (Å²) in [5.41, 5.74) is 1.77. The van der Waals surface area contributed by atoms with E-state index in [2.05, 4.69) is 51.1 Å². The van der Waals surface area contributed by atoms with Crippen molar-refractivity contribution in [3.8, 4) is 0 Å². The molecule has 0 bridgehead atoms. The number of hydrogen-bond donors (Lipinski definition) is 0. The zero-order valence-electron chi connectivity index (χ0n) is 19.5. The zero-order chi connectivity index (χ0) is 23.7. The predicted molar refractivity (Wildman–Crippen MR) is 131 cm³/mol. The standard InChI is InChI=1S/C24H27N7O2S/c1-24(2,3)31-21(26-27-28-31)20(18-9-14-33-16-18)29-10-12-30(13-11-29)23-25-22(32)19(34-23)15-17-7-5-4-6-8-17/h4-9,14-16,20H,10-13H2,1-3H3/b19-15-. The van der Waals surface area contributed by atoms with E-state index in [0.29, 0.717) is 4.91 Å². The SMILES string of the molecule is CC(C)(C)n1nnnc1C(c1ccoc1)N1CCN(C2=NC(=O)/C(=C/c3ccccc3)S2)CC1. The van der Waals surface area contributed by atoms with E-state index in [0.717, 1.165) is 48.3 Å². The van der Waals surface area contributed by atoms with Crippen molar-refractivity contribution in [1.82, 2.24) is 30.0 Å². The predicted octanol–water partition coefficient (Wildman–Crippen LogP) is 3.40. The summed E-state index contributed by atoms with van der Waals surface area (Å²) < 4.78 is 7.29. The average Bonchev–Trinajstić information content (AvgIpc) is 3.58. The topological polar surface area (TPSA) is 92.7 Å². The van der Waals surface area contributed by atoms with Gasteiger partial charge in [-0.15, -0.1) is 5.10 Å². The molecule has 9 nitrogen and oxygen atoms in total. The first-order chi connectivity index (χ1) is 16.4. The zero-order valence-corrected chi connectivity index (χ0v) is 20.3. The van der Waals surface area contributed by atoms with Crippen molar-refractivity contribution in [2.45, 2.75) is 32.4 Å². The molecule has 0 radical (unpaired) electrons. The second-order valence-corrected chi connectivity index (χ2v) is 10.3. The Kier molecular flexibility index (Phi) is 6.09. The minimum absolute atomic E-state index is 0.122. The molecule has 1 atom stereocenters. The molecule has 176 valence electrons. The van der Waals surface area contributed by atoms with E-state index < -0.39 is 0 Å². The van der Waals surface area contributed by atoms with Crippen LogP contribution in [0.4, 0.5) is 0 Å². The molecule has 4 heterocycles. The van der Waals surface area contributed by atoms with Gasteiger partial charge >= 0.3 is 0 Å². The highest BCUT2D eigenvalue weighted by molar-refractivity contribution is 8.18. The molecule has 1 amide bonds. The molecule has 0 spiro atoms. The number of aromatic nitrogens is 4. The van der Waals surface area contributed by atoms with Crippen molar-refractivity contribution in [3.63, 3.8) is 0 Å². The minimum atomic E-state index is -0.250. The summed E-state index contributed by atoms with van der Waals surface area (Å²) in [4.78, 5) is 22.0. The Balaban J connectivity index is 1.31. The number of amides is 1. The summed E-state index contributed by atoms with van der Waals surface area (Å²) >= 11 is 1.45. The van der Waals surface area contributed by atoms with Crippen LogP contribution in [0.2, 0.25) is 0 Å². The lowest BCUT2D eigenvalue weighted by atomic mass is 10.0. The number of nitrogens with zero attached hydrogens (tertiary/aromatic N) is 7. The van der Waals surface area contributed by atoms with Gasteiger partial charge in [0.15, 0.2) is 11.0 Å². The Morgan fingerprint density at radius 2 is 1.85 bits per heavy atom. The second kappa shape index (κ2) is 9.19. The molecule has 1 unspecified atom stereocenters. The Hall–Kier alpha value is -3.24. The number of thioether (sulfide) groups is 1. The molecule has 5 rings (SSSR count). The highest BCUT2D eigenvalue weighted by Gasteiger charge is 2.35.